The third kappa shape index (κ3) is 6.72. The lowest BCUT2D eigenvalue weighted by molar-refractivity contribution is 0.0952. The smallest absolute Gasteiger partial charge is 0.255 e. The first-order valence-corrected chi connectivity index (χ1v) is 10.0. The number of hydrogen-bond donors (Lipinski definition) is 2. The van der Waals surface area contributed by atoms with Gasteiger partial charge in [0.1, 0.15) is 0 Å². The summed E-state index contributed by atoms with van der Waals surface area (Å²) in [5.74, 6) is 0.361. The summed E-state index contributed by atoms with van der Waals surface area (Å²) in [6.07, 6.45) is 2.44. The molecule has 2 aromatic rings. The molecule has 2 rings (SSSR count). The molecule has 0 aliphatic heterocycles. The zero-order valence-electron chi connectivity index (χ0n) is 15.0. The fourth-order valence-corrected chi connectivity index (χ4v) is 3.07. The highest BCUT2D eigenvalue weighted by atomic mass is 32.2. The van der Waals surface area contributed by atoms with E-state index < -0.39 is 10.0 Å². The summed E-state index contributed by atoms with van der Waals surface area (Å²) < 4.78 is 26.7. The Labute approximate surface area is 155 Å². The van der Waals surface area contributed by atoms with Crippen LogP contribution >= 0.6 is 0 Å². The highest BCUT2D eigenvalue weighted by molar-refractivity contribution is 7.95. The third-order valence-electron chi connectivity index (χ3n) is 3.65. The van der Waals surface area contributed by atoms with E-state index in [9.17, 15) is 13.2 Å². The predicted molar refractivity (Wildman–Crippen MR) is 106 cm³/mol. The van der Waals surface area contributed by atoms with Gasteiger partial charge in [0.2, 0.25) is 0 Å². The molecule has 0 radical (unpaired) electrons. The summed E-state index contributed by atoms with van der Waals surface area (Å²) in [7, 11) is -3.62. The molecule has 2 aromatic carbocycles. The number of rotatable bonds is 8. The Bertz CT molecular complexity index is 842. The molecule has 0 atom stereocenters. The monoisotopic (exact) mass is 372 g/mol. The molecule has 0 aliphatic rings. The molecule has 0 saturated carbocycles. The molecule has 0 spiro atoms. The van der Waals surface area contributed by atoms with Crippen molar-refractivity contribution in [3.8, 4) is 0 Å². The molecule has 2 N–H and O–H groups in total. The summed E-state index contributed by atoms with van der Waals surface area (Å²) in [6, 6.07) is 15.5. The average Bonchev–Trinajstić information content (AvgIpc) is 2.61. The van der Waals surface area contributed by atoms with Gasteiger partial charge in [-0.25, -0.2) is 8.42 Å². The lowest BCUT2D eigenvalue weighted by Crippen LogP contribution is -2.25. The maximum atomic E-state index is 12.1. The summed E-state index contributed by atoms with van der Waals surface area (Å²) in [4.78, 5) is 12.0. The van der Waals surface area contributed by atoms with Crippen LogP contribution in [0.4, 0.5) is 5.69 Å². The van der Waals surface area contributed by atoms with E-state index in [1.807, 2.05) is 30.3 Å². The number of amides is 1. The van der Waals surface area contributed by atoms with E-state index in [0.717, 1.165) is 17.4 Å². The molecule has 0 saturated heterocycles. The van der Waals surface area contributed by atoms with E-state index in [4.69, 9.17) is 0 Å². The van der Waals surface area contributed by atoms with E-state index in [2.05, 4.69) is 23.9 Å². The molecule has 0 fully saturated rings. The molecule has 0 aliphatic carbocycles. The number of sulfonamides is 1. The first kappa shape index (κ1) is 19.7. The topological polar surface area (TPSA) is 75.3 Å². The van der Waals surface area contributed by atoms with Crippen LogP contribution in [0.1, 0.15) is 36.2 Å². The minimum Gasteiger partial charge on any atom is -0.352 e. The number of carbonyl (C=O) groups is 1. The third-order valence-corrected chi connectivity index (χ3v) is 4.67. The average molecular weight is 372 g/mol. The van der Waals surface area contributed by atoms with Crippen molar-refractivity contribution in [3.63, 3.8) is 0 Å². The van der Waals surface area contributed by atoms with E-state index in [-0.39, 0.29) is 5.91 Å². The summed E-state index contributed by atoms with van der Waals surface area (Å²) in [5, 5.41) is 3.97. The van der Waals surface area contributed by atoms with Crippen molar-refractivity contribution in [1.82, 2.24) is 5.32 Å². The van der Waals surface area contributed by atoms with E-state index in [1.165, 1.54) is 6.08 Å². The van der Waals surface area contributed by atoms with Crippen LogP contribution in [0.5, 0.6) is 0 Å². The van der Waals surface area contributed by atoms with Gasteiger partial charge < -0.3 is 5.32 Å². The number of benzene rings is 2. The first-order chi connectivity index (χ1) is 12.4. The maximum absolute atomic E-state index is 12.1. The summed E-state index contributed by atoms with van der Waals surface area (Å²) in [5.41, 5.74) is 1.70. The Hall–Kier alpha value is -2.60. The molecule has 1 amide bonds. The highest BCUT2D eigenvalue weighted by Crippen LogP contribution is 2.13. The Morgan fingerprint density at radius 2 is 1.69 bits per heavy atom. The quantitative estimate of drug-likeness (QED) is 0.738. The largest absolute Gasteiger partial charge is 0.352 e. The molecule has 0 heterocycles. The highest BCUT2D eigenvalue weighted by Gasteiger charge is 2.08. The van der Waals surface area contributed by atoms with Gasteiger partial charge in [-0.1, -0.05) is 44.2 Å². The fourth-order valence-electron chi connectivity index (χ4n) is 2.20. The lowest BCUT2D eigenvalue weighted by atomic mass is 10.1. The second-order valence-corrected chi connectivity index (χ2v) is 7.94. The van der Waals surface area contributed by atoms with Crippen molar-refractivity contribution in [2.24, 2.45) is 5.92 Å². The van der Waals surface area contributed by atoms with Crippen LogP contribution in [0, 0.1) is 5.92 Å². The molecule has 6 heteroatoms. The van der Waals surface area contributed by atoms with Gasteiger partial charge in [-0.2, -0.15) is 0 Å². The van der Waals surface area contributed by atoms with Crippen LogP contribution in [0.3, 0.4) is 0 Å². The molecule has 26 heavy (non-hydrogen) atoms. The normalized spacial score (nSPS) is 11.7. The van der Waals surface area contributed by atoms with Crippen molar-refractivity contribution in [1.29, 1.82) is 0 Å². The predicted octanol–water partition coefficient (Wildman–Crippen LogP) is 3.88. The van der Waals surface area contributed by atoms with Gasteiger partial charge >= 0.3 is 0 Å². The van der Waals surface area contributed by atoms with Crippen molar-refractivity contribution < 1.29 is 13.2 Å². The second-order valence-electron chi connectivity index (χ2n) is 6.38. The van der Waals surface area contributed by atoms with E-state index in [0.29, 0.717) is 23.7 Å². The molecular weight excluding hydrogens is 348 g/mol. The molecule has 0 aromatic heterocycles. The van der Waals surface area contributed by atoms with Gasteiger partial charge in [0.25, 0.3) is 15.9 Å². The van der Waals surface area contributed by atoms with Crippen LogP contribution in [0.2, 0.25) is 0 Å². The van der Waals surface area contributed by atoms with Gasteiger partial charge in [0.15, 0.2) is 0 Å². The number of anilines is 1. The van der Waals surface area contributed by atoms with E-state index in [1.54, 1.807) is 24.3 Å². The number of hydrogen-bond acceptors (Lipinski definition) is 3. The van der Waals surface area contributed by atoms with Gasteiger partial charge in [-0.3, -0.25) is 9.52 Å². The van der Waals surface area contributed by atoms with Crippen molar-refractivity contribution in [2.45, 2.75) is 20.3 Å². The van der Waals surface area contributed by atoms with Crippen LogP contribution in [0.15, 0.2) is 60.0 Å². The zero-order chi connectivity index (χ0) is 19.0. The second kappa shape index (κ2) is 9.20. The minimum absolute atomic E-state index is 0.163. The molecule has 0 bridgehead atoms. The fraction of sp³-hybridized carbons (Fsp3) is 0.250. The first-order valence-electron chi connectivity index (χ1n) is 8.50. The van der Waals surface area contributed by atoms with Crippen molar-refractivity contribution in [3.05, 3.63) is 71.1 Å². The summed E-state index contributed by atoms with van der Waals surface area (Å²) >= 11 is 0. The maximum Gasteiger partial charge on any atom is 0.255 e. The van der Waals surface area contributed by atoms with E-state index >= 15 is 0 Å². The van der Waals surface area contributed by atoms with Gasteiger partial charge in [-0.05, 0) is 48.2 Å². The molecule has 5 nitrogen and oxygen atoms in total. The molecule has 0 unspecified atom stereocenters. The van der Waals surface area contributed by atoms with Crippen LogP contribution in [-0.2, 0) is 10.0 Å². The Kier molecular flexibility index (Phi) is 6.97. The zero-order valence-corrected chi connectivity index (χ0v) is 15.8. The van der Waals surface area contributed by atoms with Crippen LogP contribution in [0.25, 0.3) is 6.08 Å². The van der Waals surface area contributed by atoms with Crippen LogP contribution < -0.4 is 10.0 Å². The van der Waals surface area contributed by atoms with Crippen molar-refractivity contribution >= 4 is 27.7 Å². The van der Waals surface area contributed by atoms with Crippen LogP contribution in [-0.4, -0.2) is 20.9 Å². The van der Waals surface area contributed by atoms with Gasteiger partial charge in [0, 0.05) is 17.8 Å². The SMILES string of the molecule is CC(C)CCNC(=O)c1ccc(NS(=O)(=O)C=Cc2ccccc2)cc1. The van der Waals surface area contributed by atoms with Crippen molar-refractivity contribution in [2.75, 3.05) is 11.3 Å². The molecule has 138 valence electrons. The number of nitrogens with one attached hydrogen (secondary N) is 2. The van der Waals surface area contributed by atoms with Gasteiger partial charge in [-0.15, -0.1) is 0 Å². The number of carbonyl (C=O) groups excluding carboxylic acids is 1. The Balaban J connectivity index is 1.95. The standard InChI is InChI=1S/C20H24N2O3S/c1-16(2)12-14-21-20(23)18-8-10-19(11-9-18)22-26(24,25)15-13-17-6-4-3-5-7-17/h3-11,13,15-16,22H,12,14H2,1-2H3,(H,21,23). The minimum atomic E-state index is -3.62. The summed E-state index contributed by atoms with van der Waals surface area (Å²) in [6.45, 7) is 4.81. The Morgan fingerprint density at radius 1 is 1.04 bits per heavy atom. The molecular formula is C20H24N2O3S. The van der Waals surface area contributed by atoms with Gasteiger partial charge in [0.05, 0.1) is 5.41 Å². The lowest BCUT2D eigenvalue weighted by Gasteiger charge is -2.08. The Morgan fingerprint density at radius 3 is 2.31 bits per heavy atom.